The molecule has 0 radical (unpaired) electrons. The first-order valence-corrected chi connectivity index (χ1v) is 8.95. The van der Waals surface area contributed by atoms with E-state index in [-0.39, 0.29) is 17.2 Å². The lowest BCUT2D eigenvalue weighted by Crippen LogP contribution is -2.48. The zero-order valence-electron chi connectivity index (χ0n) is 14.2. The first-order chi connectivity index (χ1) is 12.4. The van der Waals surface area contributed by atoms with E-state index < -0.39 is 6.61 Å². The van der Waals surface area contributed by atoms with E-state index in [4.69, 9.17) is 0 Å². The molecule has 2 heterocycles. The Morgan fingerprint density at radius 1 is 1.31 bits per heavy atom. The third-order valence-corrected chi connectivity index (χ3v) is 4.71. The molecule has 0 bridgehead atoms. The predicted molar refractivity (Wildman–Crippen MR) is 95.2 cm³/mol. The average molecular weight is 429 g/mol. The van der Waals surface area contributed by atoms with Crippen molar-refractivity contribution in [2.24, 2.45) is 7.05 Å². The van der Waals surface area contributed by atoms with E-state index in [1.807, 2.05) is 19.4 Å². The molecule has 2 aromatic rings. The number of ether oxygens (including phenoxy) is 1. The van der Waals surface area contributed by atoms with Crippen molar-refractivity contribution in [3.8, 4) is 5.75 Å². The number of benzene rings is 1. The molecular weight excluding hydrogens is 410 g/mol. The molecule has 1 aliphatic rings. The molecule has 1 aliphatic heterocycles. The zero-order valence-corrected chi connectivity index (χ0v) is 15.8. The van der Waals surface area contributed by atoms with Crippen LogP contribution in [-0.4, -0.2) is 58.3 Å². The Bertz CT molecular complexity index is 776. The normalized spacial score (nSPS) is 15.5. The summed E-state index contributed by atoms with van der Waals surface area (Å²) in [6.45, 7) is 0.268. The van der Waals surface area contributed by atoms with Crippen molar-refractivity contribution in [3.05, 3.63) is 46.2 Å². The van der Waals surface area contributed by atoms with Gasteiger partial charge in [0, 0.05) is 56.0 Å². The van der Waals surface area contributed by atoms with Gasteiger partial charge in [0.15, 0.2) is 0 Å². The second-order valence-corrected chi connectivity index (χ2v) is 7.03. The van der Waals surface area contributed by atoms with Crippen molar-refractivity contribution in [2.45, 2.75) is 13.2 Å². The van der Waals surface area contributed by atoms with Gasteiger partial charge in [0.2, 0.25) is 0 Å². The highest BCUT2D eigenvalue weighted by Gasteiger charge is 2.25. The van der Waals surface area contributed by atoms with Gasteiger partial charge in [0.1, 0.15) is 5.75 Å². The van der Waals surface area contributed by atoms with E-state index >= 15 is 0 Å². The Balaban J connectivity index is 1.64. The maximum Gasteiger partial charge on any atom is 0.387 e. The molecule has 6 nitrogen and oxygen atoms in total. The van der Waals surface area contributed by atoms with E-state index in [1.54, 1.807) is 15.6 Å². The number of halogens is 3. The number of alkyl halides is 2. The number of carbonyl (C=O) groups is 1. The highest BCUT2D eigenvalue weighted by Crippen LogP contribution is 2.26. The van der Waals surface area contributed by atoms with Crippen LogP contribution < -0.4 is 4.74 Å². The number of amides is 1. The quantitative estimate of drug-likeness (QED) is 0.734. The lowest BCUT2D eigenvalue weighted by Gasteiger charge is -2.34. The Morgan fingerprint density at radius 2 is 2.04 bits per heavy atom. The van der Waals surface area contributed by atoms with Crippen molar-refractivity contribution in [2.75, 3.05) is 26.2 Å². The van der Waals surface area contributed by atoms with Gasteiger partial charge in [0.05, 0.1) is 11.8 Å². The molecule has 0 saturated carbocycles. The molecule has 9 heteroatoms. The summed E-state index contributed by atoms with van der Waals surface area (Å²) < 4.78 is 32.1. The van der Waals surface area contributed by atoms with Crippen LogP contribution in [-0.2, 0) is 13.6 Å². The number of hydrogen-bond acceptors (Lipinski definition) is 4. The Hall–Kier alpha value is -2.00. The summed E-state index contributed by atoms with van der Waals surface area (Å²) in [4.78, 5) is 16.7. The molecule has 1 aromatic carbocycles. The van der Waals surface area contributed by atoms with E-state index in [0.29, 0.717) is 30.7 Å². The van der Waals surface area contributed by atoms with Crippen LogP contribution >= 0.6 is 15.9 Å². The molecule has 0 atom stereocenters. The molecule has 1 saturated heterocycles. The first-order valence-electron chi connectivity index (χ1n) is 8.16. The van der Waals surface area contributed by atoms with Crippen LogP contribution in [0.2, 0.25) is 0 Å². The molecule has 26 heavy (non-hydrogen) atoms. The van der Waals surface area contributed by atoms with E-state index in [1.165, 1.54) is 12.1 Å². The molecule has 0 spiro atoms. The third-order valence-electron chi connectivity index (χ3n) is 4.21. The smallest absolute Gasteiger partial charge is 0.387 e. The van der Waals surface area contributed by atoms with E-state index in [0.717, 1.165) is 12.1 Å². The van der Waals surface area contributed by atoms with Crippen LogP contribution in [0.15, 0.2) is 35.1 Å². The van der Waals surface area contributed by atoms with Crippen LogP contribution in [0, 0.1) is 0 Å². The van der Waals surface area contributed by atoms with Gasteiger partial charge in [-0.05, 0) is 18.2 Å². The molecule has 1 aromatic heterocycles. The van der Waals surface area contributed by atoms with Crippen molar-refractivity contribution < 1.29 is 18.3 Å². The minimum Gasteiger partial charge on any atom is -0.434 e. The van der Waals surface area contributed by atoms with Crippen molar-refractivity contribution in [1.82, 2.24) is 19.6 Å². The Labute approximate surface area is 158 Å². The standard InChI is InChI=1S/C17H19BrF2N4O2/c1-22-10-12(9-21-22)11-23-4-6-24(7-5-23)16(25)14-8-13(18)2-3-15(14)26-17(19)20/h2-3,8-10,17H,4-7,11H2,1H3. The van der Waals surface area contributed by atoms with E-state index in [2.05, 4.69) is 30.7 Å². The SMILES string of the molecule is Cn1cc(CN2CCN(C(=O)c3cc(Br)ccc3OC(F)F)CC2)cn1. The van der Waals surface area contributed by atoms with Crippen molar-refractivity contribution >= 4 is 21.8 Å². The lowest BCUT2D eigenvalue weighted by atomic mass is 10.1. The molecule has 140 valence electrons. The van der Waals surface area contributed by atoms with Crippen LogP contribution in [0.5, 0.6) is 5.75 Å². The van der Waals surface area contributed by atoms with Gasteiger partial charge in [0.25, 0.3) is 5.91 Å². The molecular formula is C17H19BrF2N4O2. The highest BCUT2D eigenvalue weighted by molar-refractivity contribution is 9.10. The minimum absolute atomic E-state index is 0.106. The Kier molecular flexibility index (Phi) is 5.87. The first kappa shape index (κ1) is 18.8. The fraction of sp³-hybridized carbons (Fsp3) is 0.412. The minimum atomic E-state index is -2.97. The second kappa shape index (κ2) is 8.13. The number of rotatable bonds is 5. The summed E-state index contributed by atoms with van der Waals surface area (Å²) in [5.41, 5.74) is 1.26. The Morgan fingerprint density at radius 3 is 2.65 bits per heavy atom. The maximum atomic E-state index is 12.8. The monoisotopic (exact) mass is 428 g/mol. The molecule has 0 aliphatic carbocycles. The van der Waals surface area contributed by atoms with Crippen molar-refractivity contribution in [1.29, 1.82) is 0 Å². The van der Waals surface area contributed by atoms with Crippen LogP contribution in [0.3, 0.4) is 0 Å². The summed E-state index contributed by atoms with van der Waals surface area (Å²) in [5, 5.41) is 4.15. The highest BCUT2D eigenvalue weighted by atomic mass is 79.9. The summed E-state index contributed by atoms with van der Waals surface area (Å²) in [5.74, 6) is -0.408. The number of nitrogens with zero attached hydrogens (tertiary/aromatic N) is 4. The van der Waals surface area contributed by atoms with Gasteiger partial charge >= 0.3 is 6.61 Å². The average Bonchev–Trinajstić information content (AvgIpc) is 3.01. The van der Waals surface area contributed by atoms with Gasteiger partial charge in [-0.2, -0.15) is 13.9 Å². The maximum absolute atomic E-state index is 12.8. The number of carbonyl (C=O) groups excluding carboxylic acids is 1. The molecule has 3 rings (SSSR count). The van der Waals surface area contributed by atoms with Crippen LogP contribution in [0.4, 0.5) is 8.78 Å². The van der Waals surface area contributed by atoms with E-state index in [9.17, 15) is 13.6 Å². The fourth-order valence-electron chi connectivity index (χ4n) is 2.96. The van der Waals surface area contributed by atoms with Gasteiger partial charge in [-0.25, -0.2) is 0 Å². The number of aryl methyl sites for hydroxylation is 1. The summed E-state index contributed by atoms with van der Waals surface area (Å²) in [6.07, 6.45) is 3.79. The van der Waals surface area contributed by atoms with Gasteiger partial charge in [-0.1, -0.05) is 15.9 Å². The zero-order chi connectivity index (χ0) is 18.7. The van der Waals surface area contributed by atoms with Crippen LogP contribution in [0.1, 0.15) is 15.9 Å². The lowest BCUT2D eigenvalue weighted by molar-refractivity contribution is -0.0503. The second-order valence-electron chi connectivity index (χ2n) is 6.11. The van der Waals surface area contributed by atoms with Crippen molar-refractivity contribution in [3.63, 3.8) is 0 Å². The molecule has 0 unspecified atom stereocenters. The number of piperazine rings is 1. The van der Waals surface area contributed by atoms with Gasteiger partial charge < -0.3 is 9.64 Å². The van der Waals surface area contributed by atoms with Crippen LogP contribution in [0.25, 0.3) is 0 Å². The third kappa shape index (κ3) is 4.59. The molecule has 1 amide bonds. The van der Waals surface area contributed by atoms with Gasteiger partial charge in [-0.3, -0.25) is 14.4 Å². The number of aromatic nitrogens is 2. The molecule has 1 fully saturated rings. The fourth-order valence-corrected chi connectivity index (χ4v) is 3.32. The number of hydrogen-bond donors (Lipinski definition) is 0. The molecule has 0 N–H and O–H groups in total. The topological polar surface area (TPSA) is 50.6 Å². The summed E-state index contributed by atoms with van der Waals surface area (Å²) in [6, 6.07) is 4.46. The summed E-state index contributed by atoms with van der Waals surface area (Å²) in [7, 11) is 1.87. The largest absolute Gasteiger partial charge is 0.434 e. The van der Waals surface area contributed by atoms with Gasteiger partial charge in [-0.15, -0.1) is 0 Å². The predicted octanol–water partition coefficient (Wildman–Crippen LogP) is 2.74. The summed E-state index contributed by atoms with van der Waals surface area (Å²) >= 11 is 3.27.